The van der Waals surface area contributed by atoms with Gasteiger partial charge < -0.3 is 19.7 Å². The Morgan fingerprint density at radius 1 is 1.10 bits per heavy atom. The van der Waals surface area contributed by atoms with Gasteiger partial charge in [-0.15, -0.1) is 0 Å². The molecule has 3 rings (SSSR count). The van der Waals surface area contributed by atoms with Gasteiger partial charge in [-0.2, -0.15) is 0 Å². The zero-order valence-electron chi connectivity index (χ0n) is 18.7. The fraction of sp³-hybridized carbons (Fsp3) is 0.583. The van der Waals surface area contributed by atoms with Gasteiger partial charge in [0.1, 0.15) is 0 Å². The Labute approximate surface area is 178 Å². The molecule has 1 fully saturated rings. The maximum Gasteiger partial charge on any atom is 0.258 e. The first-order valence-electron chi connectivity index (χ1n) is 10.6. The van der Waals surface area contributed by atoms with Gasteiger partial charge in [0.05, 0.1) is 18.6 Å². The number of methoxy groups -OCH3 is 1. The number of hydrogen-bond acceptors (Lipinski definition) is 4. The molecule has 0 saturated heterocycles. The first kappa shape index (κ1) is 22.5. The third kappa shape index (κ3) is 5.10. The van der Waals surface area contributed by atoms with Crippen molar-refractivity contribution in [2.75, 3.05) is 19.0 Å². The summed E-state index contributed by atoms with van der Waals surface area (Å²) in [4.78, 5) is 25.6. The minimum absolute atomic E-state index is 0.0243. The quantitative estimate of drug-likeness (QED) is 0.750. The van der Waals surface area contributed by atoms with E-state index in [9.17, 15) is 14.7 Å². The lowest BCUT2D eigenvalue weighted by molar-refractivity contribution is -0.130. The Morgan fingerprint density at radius 2 is 1.77 bits per heavy atom. The Balaban J connectivity index is 1.81. The second kappa shape index (κ2) is 8.16. The molecular weight excluding hydrogens is 380 g/mol. The van der Waals surface area contributed by atoms with Crippen molar-refractivity contribution in [3.63, 3.8) is 0 Å². The van der Waals surface area contributed by atoms with Crippen LogP contribution in [0.2, 0.25) is 0 Å². The second-order valence-electron chi connectivity index (χ2n) is 10.4. The molecule has 0 spiro atoms. The number of nitrogens with one attached hydrogen (secondary N) is 1. The summed E-state index contributed by atoms with van der Waals surface area (Å²) in [5.74, 6) is -0.234. The summed E-state index contributed by atoms with van der Waals surface area (Å²) < 4.78 is 6.66. The SMILES string of the molecule is COCCn1ccc2c(NC(=O)CC3(O)CC(C)(C)CC(C)(C)C3)cccc2c1=O. The van der Waals surface area contributed by atoms with Crippen LogP contribution in [0.5, 0.6) is 0 Å². The van der Waals surface area contributed by atoms with Crippen LogP contribution in [0.1, 0.15) is 53.4 Å². The summed E-state index contributed by atoms with van der Waals surface area (Å²) in [5, 5.41) is 15.4. The number of carbonyl (C=O) groups excluding carboxylic acids is 1. The van der Waals surface area contributed by atoms with Crippen molar-refractivity contribution in [1.29, 1.82) is 0 Å². The zero-order chi connectivity index (χ0) is 22.2. The van der Waals surface area contributed by atoms with Crippen LogP contribution in [0, 0.1) is 10.8 Å². The molecule has 0 aliphatic heterocycles. The number of anilines is 1. The first-order chi connectivity index (χ1) is 13.9. The summed E-state index contributed by atoms with van der Waals surface area (Å²) >= 11 is 0. The van der Waals surface area contributed by atoms with Crippen molar-refractivity contribution >= 4 is 22.4 Å². The number of rotatable bonds is 6. The summed E-state index contributed by atoms with van der Waals surface area (Å²) in [5.41, 5.74) is -0.610. The number of fused-ring (bicyclic) bond motifs is 1. The van der Waals surface area contributed by atoms with Gasteiger partial charge in [-0.3, -0.25) is 9.59 Å². The Hall–Kier alpha value is -2.18. The molecule has 1 aliphatic carbocycles. The average Bonchev–Trinajstić information content (AvgIpc) is 2.58. The number of amides is 1. The van der Waals surface area contributed by atoms with E-state index in [1.54, 1.807) is 36.1 Å². The molecular formula is C24H34N2O4. The molecule has 0 radical (unpaired) electrons. The van der Waals surface area contributed by atoms with Crippen LogP contribution in [0.15, 0.2) is 35.3 Å². The molecule has 1 aliphatic rings. The molecule has 1 aromatic carbocycles. The molecule has 2 N–H and O–H groups in total. The molecule has 2 aromatic rings. The smallest absolute Gasteiger partial charge is 0.258 e. The molecule has 0 unspecified atom stereocenters. The normalized spacial score (nSPS) is 19.5. The van der Waals surface area contributed by atoms with Crippen molar-refractivity contribution in [3.05, 3.63) is 40.8 Å². The van der Waals surface area contributed by atoms with Crippen molar-refractivity contribution in [2.24, 2.45) is 10.8 Å². The highest BCUT2D eigenvalue weighted by molar-refractivity contribution is 6.02. The highest BCUT2D eigenvalue weighted by atomic mass is 16.5. The maximum atomic E-state index is 12.9. The predicted molar refractivity (Wildman–Crippen MR) is 120 cm³/mol. The van der Waals surface area contributed by atoms with Crippen molar-refractivity contribution in [1.82, 2.24) is 4.57 Å². The fourth-order valence-corrected chi connectivity index (χ4v) is 5.68. The minimum atomic E-state index is -1.03. The van der Waals surface area contributed by atoms with Gasteiger partial charge in [0, 0.05) is 36.3 Å². The van der Waals surface area contributed by atoms with E-state index in [-0.39, 0.29) is 28.7 Å². The Kier molecular flexibility index (Phi) is 6.12. The number of ether oxygens (including phenoxy) is 1. The predicted octanol–water partition coefficient (Wildman–Crippen LogP) is 3.94. The van der Waals surface area contributed by atoms with E-state index >= 15 is 0 Å². The molecule has 6 nitrogen and oxygen atoms in total. The molecule has 6 heteroatoms. The molecule has 30 heavy (non-hydrogen) atoms. The van der Waals surface area contributed by atoms with Crippen molar-refractivity contribution in [3.8, 4) is 0 Å². The molecule has 0 bridgehead atoms. The largest absolute Gasteiger partial charge is 0.389 e. The molecule has 164 valence electrons. The van der Waals surface area contributed by atoms with E-state index < -0.39 is 5.60 Å². The number of hydrogen-bond donors (Lipinski definition) is 2. The molecule has 1 heterocycles. The van der Waals surface area contributed by atoms with Gasteiger partial charge in [0.2, 0.25) is 5.91 Å². The third-order valence-electron chi connectivity index (χ3n) is 5.89. The van der Waals surface area contributed by atoms with E-state index in [1.165, 1.54) is 0 Å². The average molecular weight is 415 g/mol. The van der Waals surface area contributed by atoms with E-state index in [0.717, 1.165) is 6.42 Å². The number of carbonyl (C=O) groups is 1. The van der Waals surface area contributed by atoms with Crippen LogP contribution in [-0.4, -0.2) is 34.9 Å². The topological polar surface area (TPSA) is 80.6 Å². The zero-order valence-corrected chi connectivity index (χ0v) is 18.7. The standard InChI is InChI=1S/C24H34N2O4/c1-22(2)14-23(3,4)16-24(29,15-22)13-20(27)25-19-8-6-7-18-17(19)9-10-26(21(18)28)11-12-30-5/h6-10,29H,11-16H2,1-5H3,(H,25,27). The van der Waals surface area contributed by atoms with Crippen LogP contribution < -0.4 is 10.9 Å². The highest BCUT2D eigenvalue weighted by Gasteiger charge is 2.47. The molecule has 0 atom stereocenters. The maximum absolute atomic E-state index is 12.9. The number of nitrogens with zero attached hydrogens (tertiary/aromatic N) is 1. The first-order valence-corrected chi connectivity index (χ1v) is 10.6. The van der Waals surface area contributed by atoms with E-state index in [4.69, 9.17) is 4.74 Å². The lowest BCUT2D eigenvalue weighted by Crippen LogP contribution is -2.47. The minimum Gasteiger partial charge on any atom is -0.389 e. The van der Waals surface area contributed by atoms with Crippen molar-refractivity contribution in [2.45, 2.75) is 65.5 Å². The van der Waals surface area contributed by atoms with Gasteiger partial charge in [-0.1, -0.05) is 33.8 Å². The van der Waals surface area contributed by atoms with Crippen LogP contribution in [0.3, 0.4) is 0 Å². The number of pyridine rings is 1. The Bertz CT molecular complexity index is 974. The number of benzene rings is 1. The summed E-state index contributed by atoms with van der Waals surface area (Å²) in [6, 6.07) is 7.15. The van der Waals surface area contributed by atoms with Crippen LogP contribution in [-0.2, 0) is 16.1 Å². The molecule has 1 saturated carbocycles. The highest BCUT2D eigenvalue weighted by Crippen LogP contribution is 2.51. The summed E-state index contributed by atoms with van der Waals surface area (Å²) in [7, 11) is 1.60. The Morgan fingerprint density at radius 3 is 2.40 bits per heavy atom. The fourth-order valence-electron chi connectivity index (χ4n) is 5.68. The van der Waals surface area contributed by atoms with Gasteiger partial charge in [-0.05, 0) is 48.3 Å². The second-order valence-corrected chi connectivity index (χ2v) is 10.4. The van der Waals surface area contributed by atoms with Crippen LogP contribution >= 0.6 is 0 Å². The van der Waals surface area contributed by atoms with Crippen LogP contribution in [0.25, 0.3) is 10.8 Å². The number of aliphatic hydroxyl groups is 1. The van der Waals surface area contributed by atoms with Crippen LogP contribution in [0.4, 0.5) is 5.69 Å². The third-order valence-corrected chi connectivity index (χ3v) is 5.89. The van der Waals surface area contributed by atoms with Gasteiger partial charge in [-0.25, -0.2) is 0 Å². The number of aromatic nitrogens is 1. The van der Waals surface area contributed by atoms with Crippen molar-refractivity contribution < 1.29 is 14.6 Å². The molecule has 1 amide bonds. The van der Waals surface area contributed by atoms with E-state index in [1.807, 2.05) is 6.07 Å². The van der Waals surface area contributed by atoms with Gasteiger partial charge >= 0.3 is 0 Å². The molecule has 1 aromatic heterocycles. The lowest BCUT2D eigenvalue weighted by Gasteiger charge is -2.49. The van der Waals surface area contributed by atoms with E-state index in [2.05, 4.69) is 33.0 Å². The summed E-state index contributed by atoms with van der Waals surface area (Å²) in [6.45, 7) is 9.52. The van der Waals surface area contributed by atoms with E-state index in [0.29, 0.717) is 42.5 Å². The van der Waals surface area contributed by atoms with Gasteiger partial charge in [0.25, 0.3) is 5.56 Å². The monoisotopic (exact) mass is 414 g/mol. The summed E-state index contributed by atoms with van der Waals surface area (Å²) in [6.07, 6.45) is 3.97. The van der Waals surface area contributed by atoms with Gasteiger partial charge in [0.15, 0.2) is 0 Å². The lowest BCUT2D eigenvalue weighted by atomic mass is 9.59.